The quantitative estimate of drug-likeness (QED) is 0.678. The van der Waals surface area contributed by atoms with Crippen LogP contribution in [0.2, 0.25) is 0 Å². The number of hydrogen-bond acceptors (Lipinski definition) is 3. The molecule has 3 rings (SSSR count). The largest absolute Gasteiger partial charge is 0.480 e. The molecule has 1 N–H and O–H groups in total. The van der Waals surface area contributed by atoms with Crippen LogP contribution in [0, 0.1) is 0 Å². The van der Waals surface area contributed by atoms with Crippen LogP contribution in [-0.4, -0.2) is 20.6 Å². The Kier molecular flexibility index (Phi) is 4.49. The molecule has 0 aliphatic rings. The number of fused-ring (bicyclic) bond motifs is 1. The van der Waals surface area contributed by atoms with Crippen molar-refractivity contribution in [2.45, 2.75) is 17.5 Å². The van der Waals surface area contributed by atoms with Gasteiger partial charge in [-0.05, 0) is 29.8 Å². The normalized spacial score (nSPS) is 11.0. The number of hydrogen-bond donors (Lipinski definition) is 1. The Labute approximate surface area is 140 Å². The van der Waals surface area contributed by atoms with E-state index < -0.39 is 5.97 Å². The summed E-state index contributed by atoms with van der Waals surface area (Å²) in [5, 5.41) is 9.85. The Morgan fingerprint density at radius 2 is 1.91 bits per heavy atom. The number of rotatable bonds is 5. The number of carboxylic acid groups (broad SMARTS) is 1. The summed E-state index contributed by atoms with van der Waals surface area (Å²) >= 11 is 4.96. The molecule has 0 fully saturated rings. The molecule has 112 valence electrons. The van der Waals surface area contributed by atoms with Gasteiger partial charge in [-0.1, -0.05) is 52.0 Å². The van der Waals surface area contributed by atoms with Crippen LogP contribution in [-0.2, 0) is 17.1 Å². The second-order valence-electron chi connectivity index (χ2n) is 4.78. The van der Waals surface area contributed by atoms with Gasteiger partial charge in [-0.15, -0.1) is 0 Å². The SMILES string of the molecule is O=C(O)Cn1c(SCc2ccc(Br)cc2)nc2ccccc21. The Balaban J connectivity index is 1.88. The van der Waals surface area contributed by atoms with Gasteiger partial charge >= 0.3 is 5.97 Å². The predicted octanol–water partition coefficient (Wildman–Crippen LogP) is 4.18. The van der Waals surface area contributed by atoms with Crippen molar-refractivity contribution in [3.8, 4) is 0 Å². The molecule has 1 heterocycles. The summed E-state index contributed by atoms with van der Waals surface area (Å²) < 4.78 is 2.79. The van der Waals surface area contributed by atoms with Crippen molar-refractivity contribution in [2.24, 2.45) is 0 Å². The molecule has 0 spiro atoms. The number of benzene rings is 2. The van der Waals surface area contributed by atoms with Gasteiger partial charge in [0, 0.05) is 10.2 Å². The number of aromatic nitrogens is 2. The Hall–Kier alpha value is -1.79. The highest BCUT2D eigenvalue weighted by Gasteiger charge is 2.13. The molecule has 2 aromatic carbocycles. The first kappa shape index (κ1) is 15.1. The molecular formula is C16H13BrN2O2S. The van der Waals surface area contributed by atoms with Crippen molar-refractivity contribution in [2.75, 3.05) is 0 Å². The maximum Gasteiger partial charge on any atom is 0.323 e. The van der Waals surface area contributed by atoms with Crippen LogP contribution in [0.4, 0.5) is 0 Å². The van der Waals surface area contributed by atoms with Crippen molar-refractivity contribution in [1.29, 1.82) is 0 Å². The number of nitrogens with zero attached hydrogens (tertiary/aromatic N) is 2. The molecule has 0 amide bonds. The van der Waals surface area contributed by atoms with E-state index in [1.807, 2.05) is 48.5 Å². The smallest absolute Gasteiger partial charge is 0.323 e. The fourth-order valence-electron chi connectivity index (χ4n) is 2.18. The number of halogens is 1. The summed E-state index contributed by atoms with van der Waals surface area (Å²) in [7, 11) is 0. The van der Waals surface area contributed by atoms with Gasteiger partial charge in [-0.3, -0.25) is 4.79 Å². The van der Waals surface area contributed by atoms with E-state index in [0.29, 0.717) is 0 Å². The van der Waals surface area contributed by atoms with Gasteiger partial charge in [0.25, 0.3) is 0 Å². The third kappa shape index (κ3) is 3.34. The summed E-state index contributed by atoms with van der Waals surface area (Å²) in [5.41, 5.74) is 2.84. The molecule has 0 aliphatic carbocycles. The van der Waals surface area contributed by atoms with E-state index in [4.69, 9.17) is 5.11 Å². The van der Waals surface area contributed by atoms with Crippen molar-refractivity contribution in [3.05, 3.63) is 58.6 Å². The first-order valence-electron chi connectivity index (χ1n) is 6.68. The number of carbonyl (C=O) groups is 1. The van der Waals surface area contributed by atoms with Crippen LogP contribution in [0.1, 0.15) is 5.56 Å². The van der Waals surface area contributed by atoms with Gasteiger partial charge in [0.05, 0.1) is 11.0 Å². The lowest BCUT2D eigenvalue weighted by atomic mass is 10.2. The summed E-state index contributed by atoms with van der Waals surface area (Å²) in [6.45, 7) is -0.0802. The van der Waals surface area contributed by atoms with Crippen LogP contribution in [0.3, 0.4) is 0 Å². The van der Waals surface area contributed by atoms with E-state index in [0.717, 1.165) is 26.4 Å². The predicted molar refractivity (Wildman–Crippen MR) is 91.1 cm³/mol. The molecule has 1 aromatic heterocycles. The molecule has 0 atom stereocenters. The zero-order valence-electron chi connectivity index (χ0n) is 11.6. The van der Waals surface area contributed by atoms with Crippen LogP contribution in [0.15, 0.2) is 58.2 Å². The number of para-hydroxylation sites is 2. The molecule has 0 aliphatic heterocycles. The molecule has 3 aromatic rings. The number of imidazole rings is 1. The van der Waals surface area contributed by atoms with Crippen molar-refractivity contribution in [1.82, 2.24) is 9.55 Å². The van der Waals surface area contributed by atoms with Gasteiger partial charge in [0.2, 0.25) is 0 Å². The van der Waals surface area contributed by atoms with Gasteiger partial charge < -0.3 is 9.67 Å². The number of carboxylic acids is 1. The van der Waals surface area contributed by atoms with Gasteiger partial charge in [-0.2, -0.15) is 0 Å². The zero-order valence-corrected chi connectivity index (χ0v) is 14.0. The maximum atomic E-state index is 11.1. The standard InChI is InChI=1S/C16H13BrN2O2S/c17-12-7-5-11(6-8-12)10-22-16-18-13-3-1-2-4-14(13)19(16)9-15(20)21/h1-8H,9-10H2,(H,20,21). The zero-order chi connectivity index (χ0) is 15.5. The molecule has 0 saturated carbocycles. The van der Waals surface area contributed by atoms with Crippen LogP contribution in [0.5, 0.6) is 0 Å². The average Bonchev–Trinajstić information content (AvgIpc) is 2.84. The molecule has 6 heteroatoms. The van der Waals surface area contributed by atoms with E-state index in [1.165, 1.54) is 5.56 Å². The van der Waals surface area contributed by atoms with E-state index in [1.54, 1.807) is 16.3 Å². The first-order chi connectivity index (χ1) is 10.6. The average molecular weight is 377 g/mol. The molecular weight excluding hydrogens is 364 g/mol. The van der Waals surface area contributed by atoms with Crippen LogP contribution < -0.4 is 0 Å². The minimum atomic E-state index is -0.867. The lowest BCUT2D eigenvalue weighted by Crippen LogP contribution is -2.09. The highest BCUT2D eigenvalue weighted by Crippen LogP contribution is 2.27. The fourth-order valence-corrected chi connectivity index (χ4v) is 3.41. The van der Waals surface area contributed by atoms with E-state index in [2.05, 4.69) is 20.9 Å². The molecule has 0 saturated heterocycles. The van der Waals surface area contributed by atoms with E-state index >= 15 is 0 Å². The summed E-state index contributed by atoms with van der Waals surface area (Å²) in [4.78, 5) is 15.7. The molecule has 0 unspecified atom stereocenters. The second-order valence-corrected chi connectivity index (χ2v) is 6.64. The summed E-state index contributed by atoms with van der Waals surface area (Å²) in [6.07, 6.45) is 0. The van der Waals surface area contributed by atoms with Crippen molar-refractivity contribution in [3.63, 3.8) is 0 Å². The summed E-state index contributed by atoms with van der Waals surface area (Å²) in [5.74, 6) is -0.121. The van der Waals surface area contributed by atoms with Crippen molar-refractivity contribution >= 4 is 44.7 Å². The Bertz CT molecular complexity index is 815. The van der Waals surface area contributed by atoms with E-state index in [9.17, 15) is 4.79 Å². The number of aliphatic carboxylic acids is 1. The minimum Gasteiger partial charge on any atom is -0.480 e. The second kappa shape index (κ2) is 6.54. The van der Waals surface area contributed by atoms with Crippen molar-refractivity contribution < 1.29 is 9.90 Å². The van der Waals surface area contributed by atoms with Gasteiger partial charge in [-0.25, -0.2) is 4.98 Å². The third-order valence-corrected chi connectivity index (χ3v) is 4.77. The fraction of sp³-hybridized carbons (Fsp3) is 0.125. The molecule has 4 nitrogen and oxygen atoms in total. The molecule has 0 bridgehead atoms. The third-order valence-electron chi connectivity index (χ3n) is 3.19. The Morgan fingerprint density at radius 1 is 1.18 bits per heavy atom. The maximum absolute atomic E-state index is 11.1. The van der Waals surface area contributed by atoms with E-state index in [-0.39, 0.29) is 6.54 Å². The number of thioether (sulfide) groups is 1. The lowest BCUT2D eigenvalue weighted by molar-refractivity contribution is -0.137. The Morgan fingerprint density at radius 3 is 2.64 bits per heavy atom. The topological polar surface area (TPSA) is 55.1 Å². The van der Waals surface area contributed by atoms with Crippen LogP contribution in [0.25, 0.3) is 11.0 Å². The monoisotopic (exact) mass is 376 g/mol. The van der Waals surface area contributed by atoms with Crippen LogP contribution >= 0.6 is 27.7 Å². The minimum absolute atomic E-state index is 0.0802. The molecule has 22 heavy (non-hydrogen) atoms. The highest BCUT2D eigenvalue weighted by atomic mass is 79.9. The highest BCUT2D eigenvalue weighted by molar-refractivity contribution is 9.10. The lowest BCUT2D eigenvalue weighted by Gasteiger charge is -2.06. The van der Waals surface area contributed by atoms with Gasteiger partial charge in [0.15, 0.2) is 5.16 Å². The first-order valence-corrected chi connectivity index (χ1v) is 8.45. The summed E-state index contributed by atoms with van der Waals surface area (Å²) in [6, 6.07) is 15.7. The van der Waals surface area contributed by atoms with Gasteiger partial charge in [0.1, 0.15) is 6.54 Å². The molecule has 0 radical (unpaired) electrons.